The molecule has 0 bridgehead atoms. The first-order chi connectivity index (χ1) is 9.38. The molecule has 1 aromatic rings. The summed E-state index contributed by atoms with van der Waals surface area (Å²) in [7, 11) is 0. The molecule has 1 aromatic carbocycles. The van der Waals surface area contributed by atoms with Gasteiger partial charge in [0.1, 0.15) is 5.75 Å². The minimum atomic E-state index is 0.0888. The highest BCUT2D eigenvalue weighted by Crippen LogP contribution is 2.23. The van der Waals surface area contributed by atoms with Gasteiger partial charge in [-0.3, -0.25) is 0 Å². The van der Waals surface area contributed by atoms with Gasteiger partial charge in [0.15, 0.2) is 0 Å². The van der Waals surface area contributed by atoms with Crippen molar-refractivity contribution in [3.8, 4) is 5.75 Å². The van der Waals surface area contributed by atoms with Gasteiger partial charge in [-0.15, -0.1) is 0 Å². The third-order valence-electron chi connectivity index (χ3n) is 3.26. The Labute approximate surface area is 114 Å². The summed E-state index contributed by atoms with van der Waals surface area (Å²) in [6.07, 6.45) is 8.39. The highest BCUT2D eigenvalue weighted by atomic mass is 16.5. The maximum Gasteiger partial charge on any atom is 0.119 e. The molecule has 0 saturated heterocycles. The average molecular weight is 262 g/mol. The molecule has 1 aliphatic carbocycles. The zero-order valence-corrected chi connectivity index (χ0v) is 11.2. The molecule has 4 heteroatoms. The van der Waals surface area contributed by atoms with Crippen molar-refractivity contribution in [2.24, 2.45) is 5.10 Å². The number of ether oxygens (including phenoxy) is 1. The average Bonchev–Trinajstić information content (AvgIpc) is 2.46. The van der Waals surface area contributed by atoms with Crippen LogP contribution in [-0.4, -0.2) is 30.6 Å². The Morgan fingerprint density at radius 1 is 1.21 bits per heavy atom. The van der Waals surface area contributed by atoms with Crippen molar-refractivity contribution >= 4 is 6.21 Å². The maximum atomic E-state index is 8.60. The lowest BCUT2D eigenvalue weighted by Gasteiger charge is -2.22. The highest BCUT2D eigenvalue weighted by Gasteiger charge is 2.14. The Morgan fingerprint density at radius 2 is 1.95 bits per heavy atom. The number of hydrogen-bond acceptors (Lipinski definition) is 4. The van der Waals surface area contributed by atoms with E-state index in [9.17, 15) is 0 Å². The van der Waals surface area contributed by atoms with Crippen molar-refractivity contribution in [2.45, 2.75) is 38.2 Å². The van der Waals surface area contributed by atoms with Crippen LogP contribution in [0.4, 0.5) is 0 Å². The van der Waals surface area contributed by atoms with Gasteiger partial charge in [-0.1, -0.05) is 6.42 Å². The van der Waals surface area contributed by atoms with E-state index in [2.05, 4.69) is 10.5 Å². The van der Waals surface area contributed by atoms with Gasteiger partial charge in [-0.2, -0.15) is 5.10 Å². The Kier molecular flexibility index (Phi) is 5.69. The van der Waals surface area contributed by atoms with Crippen LogP contribution in [0.2, 0.25) is 0 Å². The van der Waals surface area contributed by atoms with Gasteiger partial charge in [0.2, 0.25) is 0 Å². The molecule has 0 spiro atoms. The van der Waals surface area contributed by atoms with E-state index in [1.807, 2.05) is 24.3 Å². The Morgan fingerprint density at radius 3 is 2.63 bits per heavy atom. The van der Waals surface area contributed by atoms with Crippen molar-refractivity contribution in [1.29, 1.82) is 0 Å². The summed E-state index contributed by atoms with van der Waals surface area (Å²) in [6.45, 7) is 0.560. The van der Waals surface area contributed by atoms with E-state index >= 15 is 0 Å². The lowest BCUT2D eigenvalue weighted by molar-refractivity contribution is 0.155. The van der Waals surface area contributed by atoms with Crippen molar-refractivity contribution < 1.29 is 9.84 Å². The number of hydrogen-bond donors (Lipinski definition) is 2. The molecule has 1 fully saturated rings. The predicted octanol–water partition coefficient (Wildman–Crippen LogP) is 2.31. The fourth-order valence-corrected chi connectivity index (χ4v) is 2.24. The summed E-state index contributed by atoms with van der Waals surface area (Å²) < 4.78 is 5.96. The van der Waals surface area contributed by atoms with Crippen LogP contribution >= 0.6 is 0 Å². The molecular weight excluding hydrogens is 240 g/mol. The molecule has 0 amide bonds. The maximum absolute atomic E-state index is 8.60. The first kappa shape index (κ1) is 13.9. The van der Waals surface area contributed by atoms with Gasteiger partial charge < -0.3 is 15.3 Å². The third-order valence-corrected chi connectivity index (χ3v) is 3.26. The topological polar surface area (TPSA) is 53.8 Å². The molecule has 2 rings (SSSR count). The van der Waals surface area contributed by atoms with E-state index in [1.165, 1.54) is 32.1 Å². The Balaban J connectivity index is 1.81. The van der Waals surface area contributed by atoms with Crippen LogP contribution in [0, 0.1) is 0 Å². The number of nitrogens with zero attached hydrogens (tertiary/aromatic N) is 1. The minimum Gasteiger partial charge on any atom is -0.490 e. The van der Waals surface area contributed by atoms with Crippen molar-refractivity contribution in [3.05, 3.63) is 29.8 Å². The molecule has 1 saturated carbocycles. The van der Waals surface area contributed by atoms with Crippen molar-refractivity contribution in [2.75, 3.05) is 13.2 Å². The molecule has 104 valence electrons. The predicted molar refractivity (Wildman–Crippen MR) is 76.6 cm³/mol. The fraction of sp³-hybridized carbons (Fsp3) is 0.533. The van der Waals surface area contributed by atoms with E-state index in [0.29, 0.717) is 12.6 Å². The van der Waals surface area contributed by atoms with E-state index in [1.54, 1.807) is 6.21 Å². The van der Waals surface area contributed by atoms with E-state index in [-0.39, 0.29) is 6.61 Å². The first-order valence-electron chi connectivity index (χ1n) is 7.02. The normalized spacial score (nSPS) is 16.7. The second-order valence-corrected chi connectivity index (χ2v) is 4.84. The van der Waals surface area contributed by atoms with Gasteiger partial charge in [-0.25, -0.2) is 0 Å². The van der Waals surface area contributed by atoms with Gasteiger partial charge in [0, 0.05) is 0 Å². The van der Waals surface area contributed by atoms with Crippen LogP contribution in [0.25, 0.3) is 0 Å². The largest absolute Gasteiger partial charge is 0.490 e. The SMILES string of the molecule is OCCNN=Cc1ccc(OC2CCCCC2)cc1. The quantitative estimate of drug-likeness (QED) is 0.470. The van der Waals surface area contributed by atoms with Gasteiger partial charge in [0.05, 0.1) is 25.5 Å². The summed E-state index contributed by atoms with van der Waals surface area (Å²) in [5.74, 6) is 0.937. The minimum absolute atomic E-state index is 0.0888. The lowest BCUT2D eigenvalue weighted by Crippen LogP contribution is -2.19. The zero-order chi connectivity index (χ0) is 13.3. The third kappa shape index (κ3) is 4.91. The molecule has 0 unspecified atom stereocenters. The molecule has 0 atom stereocenters. The molecular formula is C15H22N2O2. The first-order valence-corrected chi connectivity index (χ1v) is 7.02. The standard InChI is InChI=1S/C15H22N2O2/c18-11-10-16-17-12-13-6-8-15(9-7-13)19-14-4-2-1-3-5-14/h6-9,12,14,16,18H,1-5,10-11H2. The van der Waals surface area contributed by atoms with E-state index < -0.39 is 0 Å². The van der Waals surface area contributed by atoms with Crippen LogP contribution in [0.1, 0.15) is 37.7 Å². The number of aliphatic hydroxyl groups excluding tert-OH is 1. The van der Waals surface area contributed by atoms with Crippen molar-refractivity contribution in [1.82, 2.24) is 5.43 Å². The van der Waals surface area contributed by atoms with Gasteiger partial charge in [-0.05, 0) is 55.5 Å². The lowest BCUT2D eigenvalue weighted by atomic mass is 9.98. The van der Waals surface area contributed by atoms with E-state index in [0.717, 1.165) is 11.3 Å². The second kappa shape index (κ2) is 7.79. The Hall–Kier alpha value is -1.55. The summed E-state index contributed by atoms with van der Waals surface area (Å²) >= 11 is 0. The number of aliphatic hydroxyl groups is 1. The molecule has 19 heavy (non-hydrogen) atoms. The fourth-order valence-electron chi connectivity index (χ4n) is 2.24. The summed E-state index contributed by atoms with van der Waals surface area (Å²) in [5, 5.41) is 12.6. The van der Waals surface area contributed by atoms with Gasteiger partial charge >= 0.3 is 0 Å². The van der Waals surface area contributed by atoms with Crippen LogP contribution in [-0.2, 0) is 0 Å². The molecule has 1 aliphatic rings. The smallest absolute Gasteiger partial charge is 0.119 e. The number of benzene rings is 1. The molecule has 4 nitrogen and oxygen atoms in total. The Bertz CT molecular complexity index is 384. The van der Waals surface area contributed by atoms with Crippen LogP contribution in [0.5, 0.6) is 5.75 Å². The van der Waals surface area contributed by atoms with Crippen LogP contribution in [0.15, 0.2) is 29.4 Å². The molecule has 2 N–H and O–H groups in total. The zero-order valence-electron chi connectivity index (χ0n) is 11.2. The highest BCUT2D eigenvalue weighted by molar-refractivity contribution is 5.79. The summed E-state index contributed by atoms with van der Waals surface area (Å²) in [6, 6.07) is 7.95. The molecule has 0 radical (unpaired) electrons. The second-order valence-electron chi connectivity index (χ2n) is 4.84. The molecule has 0 aromatic heterocycles. The number of hydrazone groups is 1. The van der Waals surface area contributed by atoms with Crippen LogP contribution < -0.4 is 10.2 Å². The van der Waals surface area contributed by atoms with Crippen molar-refractivity contribution in [3.63, 3.8) is 0 Å². The van der Waals surface area contributed by atoms with Crippen LogP contribution in [0.3, 0.4) is 0 Å². The molecule has 0 aliphatic heterocycles. The number of rotatable bonds is 6. The summed E-state index contributed by atoms with van der Waals surface area (Å²) in [4.78, 5) is 0. The number of nitrogens with one attached hydrogen (secondary N) is 1. The molecule has 0 heterocycles. The monoisotopic (exact) mass is 262 g/mol. The van der Waals surface area contributed by atoms with Gasteiger partial charge in [0.25, 0.3) is 0 Å². The summed E-state index contributed by atoms with van der Waals surface area (Å²) in [5.41, 5.74) is 3.77. The van der Waals surface area contributed by atoms with E-state index in [4.69, 9.17) is 9.84 Å².